The molecule has 4 aromatic rings. The highest BCUT2D eigenvalue weighted by molar-refractivity contribution is 5.70. The lowest BCUT2D eigenvalue weighted by Gasteiger charge is -2.28. The van der Waals surface area contributed by atoms with Gasteiger partial charge in [0.15, 0.2) is 0 Å². The van der Waals surface area contributed by atoms with Crippen LogP contribution < -0.4 is 10.3 Å². The van der Waals surface area contributed by atoms with Crippen LogP contribution in [0.15, 0.2) is 77.6 Å². The van der Waals surface area contributed by atoms with Crippen molar-refractivity contribution in [3.63, 3.8) is 0 Å². The Balaban J connectivity index is 1.46. The highest BCUT2D eigenvalue weighted by Crippen LogP contribution is 2.26. The lowest BCUT2D eigenvalue weighted by Crippen LogP contribution is -2.34. The third-order valence-electron chi connectivity index (χ3n) is 7.88. The van der Waals surface area contributed by atoms with Gasteiger partial charge in [0.2, 0.25) is 0 Å². The van der Waals surface area contributed by atoms with Crippen molar-refractivity contribution in [2.24, 2.45) is 0 Å². The molecule has 1 aliphatic rings. The molecule has 1 aromatic heterocycles. The fourth-order valence-electron chi connectivity index (χ4n) is 5.68. The lowest BCUT2D eigenvalue weighted by molar-refractivity contribution is 0.00688. The fourth-order valence-corrected chi connectivity index (χ4v) is 5.68. The van der Waals surface area contributed by atoms with Crippen molar-refractivity contribution >= 4 is 0 Å². The maximum Gasteiger partial charge on any atom is 0.261 e. The van der Waals surface area contributed by atoms with E-state index >= 15 is 0 Å². The van der Waals surface area contributed by atoms with Gasteiger partial charge >= 0.3 is 0 Å². The minimum atomic E-state index is -0.439. The Labute approximate surface area is 241 Å². The number of nitrogens with zero attached hydrogens (tertiary/aromatic N) is 3. The van der Waals surface area contributed by atoms with Crippen LogP contribution in [0.2, 0.25) is 0 Å². The normalized spacial score (nSPS) is 16.7. The van der Waals surface area contributed by atoms with Crippen LogP contribution >= 0.6 is 0 Å². The minimum Gasteiger partial charge on any atom is -0.488 e. The molecule has 1 saturated carbocycles. The van der Waals surface area contributed by atoms with Gasteiger partial charge in [-0.1, -0.05) is 69.2 Å². The van der Waals surface area contributed by atoms with Gasteiger partial charge in [0.1, 0.15) is 17.7 Å². The van der Waals surface area contributed by atoms with Gasteiger partial charge in [-0.2, -0.15) is 5.26 Å². The number of aryl methyl sites for hydroxylation is 2. The highest BCUT2D eigenvalue weighted by atomic mass is 16.5. The van der Waals surface area contributed by atoms with E-state index < -0.39 is 6.10 Å². The first-order valence-electron chi connectivity index (χ1n) is 14.7. The Morgan fingerprint density at radius 3 is 2.41 bits per heavy atom. The van der Waals surface area contributed by atoms with Crippen LogP contribution in [0.25, 0.3) is 16.8 Å². The average molecular weight is 548 g/mol. The number of ether oxygens (including phenoxy) is 1. The third-order valence-corrected chi connectivity index (χ3v) is 7.88. The van der Waals surface area contributed by atoms with E-state index in [1.54, 1.807) is 4.57 Å². The molecule has 0 aliphatic heterocycles. The molecule has 5 rings (SSSR count). The van der Waals surface area contributed by atoms with Crippen molar-refractivity contribution in [1.29, 1.82) is 5.26 Å². The number of nitriles is 1. The van der Waals surface area contributed by atoms with Crippen molar-refractivity contribution in [1.82, 2.24) is 9.55 Å². The molecule has 1 N–H and O–H groups in total. The van der Waals surface area contributed by atoms with Crippen LogP contribution in [0.1, 0.15) is 74.2 Å². The topological polar surface area (TPSA) is 88.1 Å². The van der Waals surface area contributed by atoms with Gasteiger partial charge < -0.3 is 9.84 Å². The summed E-state index contributed by atoms with van der Waals surface area (Å²) in [5.41, 5.74) is 5.80. The first-order chi connectivity index (χ1) is 20.0. The van der Waals surface area contributed by atoms with Crippen LogP contribution in [0.4, 0.5) is 0 Å². The van der Waals surface area contributed by atoms with Crippen LogP contribution in [0, 0.1) is 11.3 Å². The van der Waals surface area contributed by atoms with E-state index in [2.05, 4.69) is 13.0 Å². The zero-order valence-corrected chi connectivity index (χ0v) is 23.8. The van der Waals surface area contributed by atoms with Gasteiger partial charge in [0, 0.05) is 18.4 Å². The van der Waals surface area contributed by atoms with Gasteiger partial charge in [-0.05, 0) is 72.7 Å². The van der Waals surface area contributed by atoms with Crippen LogP contribution in [-0.2, 0) is 19.3 Å². The second-order valence-corrected chi connectivity index (χ2v) is 10.7. The summed E-state index contributed by atoms with van der Waals surface area (Å²) in [5.74, 6) is 1.43. The zero-order chi connectivity index (χ0) is 28.8. The summed E-state index contributed by atoms with van der Waals surface area (Å²) in [5, 5.41) is 19.8. The molecule has 0 radical (unpaired) electrons. The molecule has 0 bridgehead atoms. The molecule has 1 heterocycles. The SMILES string of the molecule is CCCc1nc(CC)n(-c2ccc(O[C@@H]3CCCC[C@H]3O)cc2)c(=O)c1Cc1ccc(-c2ccccc2C#N)cc1. The zero-order valence-electron chi connectivity index (χ0n) is 23.8. The molecular formula is C35H37N3O3. The third kappa shape index (κ3) is 6.26. The van der Waals surface area contributed by atoms with Gasteiger partial charge in [-0.15, -0.1) is 0 Å². The first kappa shape index (κ1) is 28.3. The van der Waals surface area contributed by atoms with Crippen LogP contribution in [0.3, 0.4) is 0 Å². The highest BCUT2D eigenvalue weighted by Gasteiger charge is 2.25. The summed E-state index contributed by atoms with van der Waals surface area (Å²) in [6, 6.07) is 25.5. The summed E-state index contributed by atoms with van der Waals surface area (Å²) in [6.07, 6.45) is 5.83. The van der Waals surface area contributed by atoms with Crippen molar-refractivity contribution in [3.8, 4) is 28.6 Å². The predicted molar refractivity (Wildman–Crippen MR) is 161 cm³/mol. The van der Waals surface area contributed by atoms with Gasteiger partial charge in [0.25, 0.3) is 5.56 Å². The molecule has 1 fully saturated rings. The Morgan fingerprint density at radius 1 is 1.00 bits per heavy atom. The number of hydrogen-bond donors (Lipinski definition) is 1. The molecule has 2 atom stereocenters. The van der Waals surface area contributed by atoms with Crippen molar-refractivity contribution in [3.05, 3.63) is 111 Å². The molecular weight excluding hydrogens is 510 g/mol. The number of rotatable bonds is 9. The van der Waals surface area contributed by atoms with E-state index in [1.807, 2.05) is 79.7 Å². The molecule has 3 aromatic carbocycles. The first-order valence-corrected chi connectivity index (χ1v) is 14.7. The monoisotopic (exact) mass is 547 g/mol. The average Bonchev–Trinajstić information content (AvgIpc) is 3.01. The number of aliphatic hydroxyl groups is 1. The molecule has 0 amide bonds. The molecule has 0 saturated heterocycles. The predicted octanol–water partition coefficient (Wildman–Crippen LogP) is 6.56. The molecule has 210 valence electrons. The van der Waals surface area contributed by atoms with Crippen LogP contribution in [-0.4, -0.2) is 26.9 Å². The van der Waals surface area contributed by atoms with Crippen molar-refractivity contribution in [2.45, 2.75) is 77.4 Å². The number of benzene rings is 3. The largest absolute Gasteiger partial charge is 0.488 e. The maximum absolute atomic E-state index is 14.1. The smallest absolute Gasteiger partial charge is 0.261 e. The molecule has 0 unspecified atom stereocenters. The quantitative estimate of drug-likeness (QED) is 0.256. The fraction of sp³-hybridized carbons (Fsp3) is 0.343. The Hall–Kier alpha value is -4.21. The molecule has 6 heteroatoms. The molecule has 6 nitrogen and oxygen atoms in total. The summed E-state index contributed by atoms with van der Waals surface area (Å²) >= 11 is 0. The maximum atomic E-state index is 14.1. The van der Waals surface area contributed by atoms with Gasteiger partial charge in [-0.3, -0.25) is 9.36 Å². The van der Waals surface area contributed by atoms with E-state index in [1.165, 1.54) is 0 Å². The number of hydrogen-bond acceptors (Lipinski definition) is 5. The van der Waals surface area contributed by atoms with E-state index in [0.29, 0.717) is 29.7 Å². The molecule has 0 spiro atoms. The van der Waals surface area contributed by atoms with Crippen molar-refractivity contribution in [2.75, 3.05) is 0 Å². The molecule has 1 aliphatic carbocycles. The van der Waals surface area contributed by atoms with E-state index in [4.69, 9.17) is 9.72 Å². The van der Waals surface area contributed by atoms with Gasteiger partial charge in [0.05, 0.1) is 29.1 Å². The Morgan fingerprint density at radius 2 is 1.73 bits per heavy atom. The second kappa shape index (κ2) is 13.0. The minimum absolute atomic E-state index is 0.0458. The Bertz CT molecular complexity index is 1580. The lowest BCUT2D eigenvalue weighted by atomic mass is 9.95. The Kier molecular flexibility index (Phi) is 8.96. The summed E-state index contributed by atoms with van der Waals surface area (Å²) < 4.78 is 7.81. The summed E-state index contributed by atoms with van der Waals surface area (Å²) in [7, 11) is 0. The van der Waals surface area contributed by atoms with E-state index in [0.717, 1.165) is 72.4 Å². The summed E-state index contributed by atoms with van der Waals surface area (Å²) in [6.45, 7) is 4.12. The summed E-state index contributed by atoms with van der Waals surface area (Å²) in [4.78, 5) is 19.1. The standard InChI is InChI=1S/C35H37N3O3/c1-3-9-31-30(22-24-14-16-25(17-15-24)29-11-6-5-10-26(29)23-36)35(40)38(34(4-2)37-31)27-18-20-28(21-19-27)41-33-13-8-7-12-32(33)39/h5-6,10-11,14-21,32-33,39H,3-4,7-9,12-13,22H2,1-2H3/t32-,33-/m1/s1. The van der Waals surface area contributed by atoms with Gasteiger partial charge in [-0.25, -0.2) is 4.98 Å². The van der Waals surface area contributed by atoms with E-state index in [9.17, 15) is 15.2 Å². The second-order valence-electron chi connectivity index (χ2n) is 10.7. The van der Waals surface area contributed by atoms with E-state index in [-0.39, 0.29) is 11.7 Å². The number of aromatic nitrogens is 2. The number of aliphatic hydroxyl groups excluding tert-OH is 1. The van der Waals surface area contributed by atoms with Crippen LogP contribution in [0.5, 0.6) is 5.75 Å². The van der Waals surface area contributed by atoms with Crippen molar-refractivity contribution < 1.29 is 9.84 Å². The molecule has 41 heavy (non-hydrogen) atoms.